The highest BCUT2D eigenvalue weighted by molar-refractivity contribution is 7.80. The lowest BCUT2D eigenvalue weighted by Gasteiger charge is -2.13. The number of amides is 2. The van der Waals surface area contributed by atoms with Crippen LogP contribution in [0, 0.1) is 13.8 Å². The standard InChI is InChI=1S/C18H19N3O3S/c1-12-7-6-8-13(2)16(12)24-11-15(22)20-21-18(25)19-17(23)14-9-4-3-5-10-14/h3-10H,11H2,1-2H3,(H,20,22)(H2,19,21,23,25). The normalized spacial score (nSPS) is 9.84. The Morgan fingerprint density at radius 1 is 0.960 bits per heavy atom. The van der Waals surface area contributed by atoms with Gasteiger partial charge in [0.1, 0.15) is 5.75 Å². The number of hydrazine groups is 1. The summed E-state index contributed by atoms with van der Waals surface area (Å²) in [5.41, 5.74) is 7.22. The molecule has 0 heterocycles. The van der Waals surface area contributed by atoms with Gasteiger partial charge in [-0.05, 0) is 49.3 Å². The van der Waals surface area contributed by atoms with Crippen molar-refractivity contribution in [3.63, 3.8) is 0 Å². The van der Waals surface area contributed by atoms with Crippen LogP contribution in [0.15, 0.2) is 48.5 Å². The first-order valence-corrected chi connectivity index (χ1v) is 8.02. The quantitative estimate of drug-likeness (QED) is 0.576. The number of para-hydroxylation sites is 1. The number of carbonyl (C=O) groups excluding carboxylic acids is 2. The van der Waals surface area contributed by atoms with Crippen LogP contribution in [0.3, 0.4) is 0 Å². The molecule has 0 saturated heterocycles. The summed E-state index contributed by atoms with van der Waals surface area (Å²) < 4.78 is 5.53. The van der Waals surface area contributed by atoms with E-state index in [2.05, 4.69) is 16.2 Å². The Labute approximate surface area is 151 Å². The molecule has 0 aliphatic rings. The molecular weight excluding hydrogens is 338 g/mol. The molecule has 0 bridgehead atoms. The molecule has 0 atom stereocenters. The van der Waals surface area contributed by atoms with Gasteiger partial charge in [0.15, 0.2) is 11.7 Å². The number of thiocarbonyl (C=S) groups is 1. The number of carbonyl (C=O) groups is 2. The number of rotatable bonds is 4. The Kier molecular flexibility index (Phi) is 6.47. The third-order valence-corrected chi connectivity index (χ3v) is 3.54. The third-order valence-electron chi connectivity index (χ3n) is 3.33. The summed E-state index contributed by atoms with van der Waals surface area (Å²) in [5, 5.41) is 2.46. The highest BCUT2D eigenvalue weighted by Crippen LogP contribution is 2.21. The molecule has 0 fully saturated rings. The summed E-state index contributed by atoms with van der Waals surface area (Å²) >= 11 is 4.97. The van der Waals surface area contributed by atoms with Crippen molar-refractivity contribution in [2.75, 3.05) is 6.61 Å². The van der Waals surface area contributed by atoms with E-state index in [1.54, 1.807) is 24.3 Å². The number of hydrogen-bond acceptors (Lipinski definition) is 4. The molecule has 7 heteroatoms. The van der Waals surface area contributed by atoms with Crippen molar-refractivity contribution >= 4 is 29.1 Å². The van der Waals surface area contributed by atoms with Crippen LogP contribution in [0.1, 0.15) is 21.5 Å². The molecule has 2 aromatic carbocycles. The number of aryl methyl sites for hydroxylation is 2. The molecule has 6 nitrogen and oxygen atoms in total. The lowest BCUT2D eigenvalue weighted by molar-refractivity contribution is -0.123. The van der Waals surface area contributed by atoms with Crippen LogP contribution in [0.4, 0.5) is 0 Å². The minimum absolute atomic E-state index is 0.00530. The maximum Gasteiger partial charge on any atom is 0.276 e. The fourth-order valence-electron chi connectivity index (χ4n) is 2.12. The van der Waals surface area contributed by atoms with Crippen LogP contribution in [-0.2, 0) is 4.79 Å². The van der Waals surface area contributed by atoms with Crippen molar-refractivity contribution in [1.82, 2.24) is 16.2 Å². The van der Waals surface area contributed by atoms with Gasteiger partial charge in [-0.1, -0.05) is 36.4 Å². The molecule has 130 valence electrons. The van der Waals surface area contributed by atoms with Gasteiger partial charge in [0.2, 0.25) is 0 Å². The summed E-state index contributed by atoms with van der Waals surface area (Å²) in [4.78, 5) is 23.7. The molecule has 0 aliphatic carbocycles. The van der Waals surface area contributed by atoms with Crippen molar-refractivity contribution in [1.29, 1.82) is 0 Å². The van der Waals surface area contributed by atoms with E-state index in [1.165, 1.54) is 0 Å². The van der Waals surface area contributed by atoms with Crippen LogP contribution in [0.5, 0.6) is 5.75 Å². The number of nitrogens with one attached hydrogen (secondary N) is 3. The zero-order valence-corrected chi connectivity index (χ0v) is 14.8. The van der Waals surface area contributed by atoms with Crippen molar-refractivity contribution in [3.05, 3.63) is 65.2 Å². The van der Waals surface area contributed by atoms with Gasteiger partial charge >= 0.3 is 0 Å². The first kappa shape index (κ1) is 18.4. The van der Waals surface area contributed by atoms with Crippen LogP contribution in [-0.4, -0.2) is 23.5 Å². The zero-order chi connectivity index (χ0) is 18.2. The second kappa shape index (κ2) is 8.79. The van der Waals surface area contributed by atoms with E-state index in [9.17, 15) is 9.59 Å². The minimum atomic E-state index is -0.418. The van der Waals surface area contributed by atoms with Gasteiger partial charge in [0, 0.05) is 5.56 Å². The first-order chi connectivity index (χ1) is 12.0. The van der Waals surface area contributed by atoms with Crippen LogP contribution in [0.2, 0.25) is 0 Å². The number of benzene rings is 2. The first-order valence-electron chi connectivity index (χ1n) is 7.61. The van der Waals surface area contributed by atoms with E-state index in [4.69, 9.17) is 17.0 Å². The monoisotopic (exact) mass is 357 g/mol. The predicted octanol–water partition coefficient (Wildman–Crippen LogP) is 2.02. The lowest BCUT2D eigenvalue weighted by Crippen LogP contribution is -2.49. The minimum Gasteiger partial charge on any atom is -0.483 e. The Hall–Kier alpha value is -2.93. The molecule has 0 aliphatic heterocycles. The third kappa shape index (κ3) is 5.58. The lowest BCUT2D eigenvalue weighted by atomic mass is 10.1. The van der Waals surface area contributed by atoms with Crippen LogP contribution in [0.25, 0.3) is 0 Å². The highest BCUT2D eigenvalue weighted by atomic mass is 32.1. The van der Waals surface area contributed by atoms with Crippen molar-refractivity contribution < 1.29 is 14.3 Å². The van der Waals surface area contributed by atoms with E-state index in [0.29, 0.717) is 11.3 Å². The molecule has 0 saturated carbocycles. The average molecular weight is 357 g/mol. The van der Waals surface area contributed by atoms with Crippen molar-refractivity contribution in [2.45, 2.75) is 13.8 Å². The Morgan fingerprint density at radius 2 is 1.60 bits per heavy atom. The summed E-state index contributed by atoms with van der Waals surface area (Å²) in [7, 11) is 0. The highest BCUT2D eigenvalue weighted by Gasteiger charge is 2.09. The van der Waals surface area contributed by atoms with E-state index in [1.807, 2.05) is 38.1 Å². The SMILES string of the molecule is Cc1cccc(C)c1OCC(=O)NNC(=S)NC(=O)c1ccccc1. The van der Waals surface area contributed by atoms with Gasteiger partial charge < -0.3 is 4.74 Å². The maximum absolute atomic E-state index is 11.9. The molecule has 25 heavy (non-hydrogen) atoms. The van der Waals surface area contributed by atoms with Gasteiger partial charge in [-0.3, -0.25) is 25.8 Å². The van der Waals surface area contributed by atoms with Crippen molar-refractivity contribution in [3.8, 4) is 5.75 Å². The topological polar surface area (TPSA) is 79.5 Å². The molecule has 2 rings (SSSR count). The van der Waals surface area contributed by atoms with Crippen molar-refractivity contribution in [2.24, 2.45) is 0 Å². The van der Waals surface area contributed by atoms with E-state index in [0.717, 1.165) is 11.1 Å². The smallest absolute Gasteiger partial charge is 0.276 e. The Morgan fingerprint density at radius 3 is 2.24 bits per heavy atom. The molecule has 0 unspecified atom stereocenters. The second-order valence-electron chi connectivity index (χ2n) is 5.33. The molecule has 0 spiro atoms. The Balaban J connectivity index is 1.76. The van der Waals surface area contributed by atoms with Gasteiger partial charge in [-0.15, -0.1) is 0 Å². The summed E-state index contributed by atoms with van der Waals surface area (Å²) in [6.45, 7) is 3.65. The molecule has 2 amide bonds. The van der Waals surface area contributed by atoms with Crippen LogP contribution >= 0.6 is 12.2 Å². The van der Waals surface area contributed by atoms with E-state index < -0.39 is 5.91 Å². The Bertz CT molecular complexity index is 758. The summed E-state index contributed by atoms with van der Waals surface area (Å²) in [6.07, 6.45) is 0. The molecule has 0 aromatic heterocycles. The van der Waals surface area contributed by atoms with E-state index in [-0.39, 0.29) is 17.6 Å². The van der Waals surface area contributed by atoms with Crippen LogP contribution < -0.4 is 20.9 Å². The predicted molar refractivity (Wildman–Crippen MR) is 99.2 cm³/mol. The largest absolute Gasteiger partial charge is 0.483 e. The van der Waals surface area contributed by atoms with Gasteiger partial charge in [-0.2, -0.15) is 0 Å². The summed E-state index contributed by atoms with van der Waals surface area (Å²) in [6, 6.07) is 14.4. The van der Waals surface area contributed by atoms with E-state index >= 15 is 0 Å². The molecule has 3 N–H and O–H groups in total. The number of hydrogen-bond donors (Lipinski definition) is 3. The maximum atomic E-state index is 11.9. The van der Waals surface area contributed by atoms with Gasteiger partial charge in [0.05, 0.1) is 0 Å². The molecule has 2 aromatic rings. The summed E-state index contributed by atoms with van der Waals surface area (Å²) in [5.74, 6) is -0.101. The molecule has 0 radical (unpaired) electrons. The fourth-order valence-corrected chi connectivity index (χ4v) is 2.27. The fraction of sp³-hybridized carbons (Fsp3) is 0.167. The second-order valence-corrected chi connectivity index (χ2v) is 5.74. The average Bonchev–Trinajstić information content (AvgIpc) is 2.60. The molecular formula is C18H19N3O3S. The number of ether oxygens (including phenoxy) is 1. The van der Waals surface area contributed by atoms with Gasteiger partial charge in [-0.25, -0.2) is 0 Å². The van der Waals surface area contributed by atoms with Gasteiger partial charge in [0.25, 0.3) is 11.8 Å². The zero-order valence-electron chi connectivity index (χ0n) is 14.0.